The van der Waals surface area contributed by atoms with Crippen LogP contribution in [0.5, 0.6) is 0 Å². The summed E-state index contributed by atoms with van der Waals surface area (Å²) in [5.74, 6) is 1.29. The molecule has 2 aromatic rings. The Bertz CT molecular complexity index is 810. The maximum Gasteiger partial charge on any atom is 0.256 e. The van der Waals surface area contributed by atoms with Gasteiger partial charge in [0.25, 0.3) is 5.91 Å². The molecule has 0 radical (unpaired) electrons. The summed E-state index contributed by atoms with van der Waals surface area (Å²) >= 11 is 0. The first-order chi connectivity index (χ1) is 13.7. The van der Waals surface area contributed by atoms with Gasteiger partial charge in [0, 0.05) is 38.0 Å². The summed E-state index contributed by atoms with van der Waals surface area (Å²) in [4.78, 5) is 24.4. The number of rotatable bonds is 5. The summed E-state index contributed by atoms with van der Waals surface area (Å²) in [6.45, 7) is 5.24. The predicted molar refractivity (Wildman–Crippen MR) is 110 cm³/mol. The zero-order valence-electron chi connectivity index (χ0n) is 16.5. The number of carbonyl (C=O) groups excluding carboxylic acids is 1. The molecule has 1 aromatic heterocycles. The second kappa shape index (κ2) is 8.69. The van der Waals surface area contributed by atoms with Crippen molar-refractivity contribution in [3.8, 4) is 11.4 Å². The Morgan fingerprint density at radius 2 is 1.96 bits per heavy atom. The van der Waals surface area contributed by atoms with Gasteiger partial charge in [-0.05, 0) is 39.0 Å². The topological polar surface area (TPSA) is 67.3 Å². The molecule has 1 atom stereocenters. The third kappa shape index (κ3) is 4.33. The number of nitrogens with one attached hydrogen (secondary N) is 1. The second-order valence-electron chi connectivity index (χ2n) is 7.69. The number of piperidine rings is 1. The molecule has 148 valence electrons. The summed E-state index contributed by atoms with van der Waals surface area (Å²) in [5.41, 5.74) is 2.72. The maximum atomic E-state index is 12.9. The van der Waals surface area contributed by atoms with Crippen molar-refractivity contribution in [2.24, 2.45) is 0 Å². The van der Waals surface area contributed by atoms with Gasteiger partial charge >= 0.3 is 0 Å². The van der Waals surface area contributed by atoms with Gasteiger partial charge in [0.15, 0.2) is 5.82 Å². The number of aryl methyl sites for hydroxylation is 1. The molecule has 4 rings (SSSR count). The van der Waals surface area contributed by atoms with E-state index in [0.717, 1.165) is 56.8 Å². The summed E-state index contributed by atoms with van der Waals surface area (Å²) in [5, 5.41) is 3.02. The van der Waals surface area contributed by atoms with Crippen LogP contribution in [0.15, 0.2) is 30.5 Å². The van der Waals surface area contributed by atoms with Crippen LogP contribution in [0, 0.1) is 6.92 Å². The number of amides is 1. The van der Waals surface area contributed by atoms with Gasteiger partial charge in [-0.2, -0.15) is 0 Å². The van der Waals surface area contributed by atoms with Gasteiger partial charge in [0.1, 0.15) is 11.4 Å². The van der Waals surface area contributed by atoms with Crippen molar-refractivity contribution >= 4 is 11.7 Å². The number of hydrogen-bond acceptors (Lipinski definition) is 5. The molecule has 0 saturated carbocycles. The van der Waals surface area contributed by atoms with Crippen LogP contribution in [0.4, 0.5) is 5.82 Å². The smallest absolute Gasteiger partial charge is 0.256 e. The largest absolute Gasteiger partial charge is 0.376 e. The van der Waals surface area contributed by atoms with E-state index < -0.39 is 0 Å². The summed E-state index contributed by atoms with van der Waals surface area (Å²) in [6.07, 6.45) is 7.34. The molecule has 0 spiro atoms. The fraction of sp³-hybridized carbons (Fsp3) is 0.500. The minimum Gasteiger partial charge on any atom is -0.376 e. The van der Waals surface area contributed by atoms with E-state index >= 15 is 0 Å². The van der Waals surface area contributed by atoms with Gasteiger partial charge in [0.05, 0.1) is 6.10 Å². The highest BCUT2D eigenvalue weighted by molar-refractivity contribution is 5.99. The molecule has 1 N–H and O–H groups in total. The Balaban J connectivity index is 1.60. The summed E-state index contributed by atoms with van der Waals surface area (Å²) < 4.78 is 5.62. The summed E-state index contributed by atoms with van der Waals surface area (Å²) in [7, 11) is 0. The molecular formula is C22H28N4O2. The highest BCUT2D eigenvalue weighted by atomic mass is 16.5. The van der Waals surface area contributed by atoms with Crippen LogP contribution in [-0.2, 0) is 4.74 Å². The number of benzene rings is 1. The van der Waals surface area contributed by atoms with Crippen molar-refractivity contribution < 1.29 is 9.53 Å². The fourth-order valence-electron chi connectivity index (χ4n) is 3.83. The standard InChI is InChI=1S/C22H28N4O2/c1-16-7-9-17(10-8-16)20-23-15-19(21(25-20)26-11-3-2-4-12-26)22(27)24-14-18-6-5-13-28-18/h7-10,15,18H,2-6,11-14H2,1H3,(H,24,27). The lowest BCUT2D eigenvalue weighted by Crippen LogP contribution is -2.36. The highest BCUT2D eigenvalue weighted by Gasteiger charge is 2.23. The van der Waals surface area contributed by atoms with Crippen LogP contribution in [0.3, 0.4) is 0 Å². The van der Waals surface area contributed by atoms with Crippen LogP contribution >= 0.6 is 0 Å². The number of aromatic nitrogens is 2. The van der Waals surface area contributed by atoms with Gasteiger partial charge in [-0.1, -0.05) is 29.8 Å². The van der Waals surface area contributed by atoms with Gasteiger partial charge in [-0.15, -0.1) is 0 Å². The van der Waals surface area contributed by atoms with Crippen molar-refractivity contribution in [1.82, 2.24) is 15.3 Å². The Labute approximate surface area is 166 Å². The van der Waals surface area contributed by atoms with E-state index in [4.69, 9.17) is 9.72 Å². The third-order valence-electron chi connectivity index (χ3n) is 5.49. The Morgan fingerprint density at radius 3 is 2.68 bits per heavy atom. The first-order valence-electron chi connectivity index (χ1n) is 10.3. The molecule has 3 heterocycles. The van der Waals surface area contributed by atoms with E-state index in [9.17, 15) is 4.79 Å². The number of ether oxygens (including phenoxy) is 1. The van der Waals surface area contributed by atoms with E-state index in [1.165, 1.54) is 12.0 Å². The molecule has 2 saturated heterocycles. The van der Waals surface area contributed by atoms with Crippen molar-refractivity contribution in [2.45, 2.75) is 45.1 Å². The number of anilines is 1. The Kier molecular flexibility index (Phi) is 5.86. The van der Waals surface area contributed by atoms with Gasteiger partial charge < -0.3 is 15.0 Å². The second-order valence-corrected chi connectivity index (χ2v) is 7.69. The summed E-state index contributed by atoms with van der Waals surface area (Å²) in [6, 6.07) is 8.17. The normalized spacial score (nSPS) is 19.6. The third-order valence-corrected chi connectivity index (χ3v) is 5.49. The zero-order chi connectivity index (χ0) is 19.3. The molecule has 0 bridgehead atoms. The average Bonchev–Trinajstić information content (AvgIpc) is 3.26. The van der Waals surface area contributed by atoms with Crippen molar-refractivity contribution in [3.63, 3.8) is 0 Å². The SMILES string of the molecule is Cc1ccc(-c2ncc(C(=O)NCC3CCCO3)c(N3CCCCC3)n2)cc1. The molecule has 6 heteroatoms. The Hall–Kier alpha value is -2.47. The maximum absolute atomic E-state index is 12.9. The number of hydrogen-bond donors (Lipinski definition) is 1. The highest BCUT2D eigenvalue weighted by Crippen LogP contribution is 2.25. The van der Waals surface area contributed by atoms with Crippen molar-refractivity contribution in [2.75, 3.05) is 31.1 Å². The lowest BCUT2D eigenvalue weighted by Gasteiger charge is -2.29. The van der Waals surface area contributed by atoms with Gasteiger partial charge in [0.2, 0.25) is 0 Å². The minimum absolute atomic E-state index is 0.119. The van der Waals surface area contributed by atoms with Crippen LogP contribution in [0.2, 0.25) is 0 Å². The van der Waals surface area contributed by atoms with E-state index in [1.807, 2.05) is 12.1 Å². The van der Waals surface area contributed by atoms with E-state index in [1.54, 1.807) is 6.20 Å². The molecule has 2 aliphatic heterocycles. The van der Waals surface area contributed by atoms with Crippen LogP contribution in [-0.4, -0.2) is 48.2 Å². The monoisotopic (exact) mass is 380 g/mol. The molecule has 2 fully saturated rings. The average molecular weight is 380 g/mol. The molecular weight excluding hydrogens is 352 g/mol. The first-order valence-corrected chi connectivity index (χ1v) is 10.3. The molecule has 1 aromatic carbocycles. The zero-order valence-corrected chi connectivity index (χ0v) is 16.5. The van der Waals surface area contributed by atoms with E-state index in [-0.39, 0.29) is 12.0 Å². The van der Waals surface area contributed by atoms with Crippen molar-refractivity contribution in [1.29, 1.82) is 0 Å². The molecule has 0 aliphatic carbocycles. The van der Waals surface area contributed by atoms with E-state index in [2.05, 4.69) is 34.3 Å². The lowest BCUT2D eigenvalue weighted by atomic mass is 10.1. The van der Waals surface area contributed by atoms with Crippen LogP contribution < -0.4 is 10.2 Å². The van der Waals surface area contributed by atoms with Gasteiger partial charge in [-0.3, -0.25) is 4.79 Å². The molecule has 28 heavy (non-hydrogen) atoms. The molecule has 1 unspecified atom stereocenters. The molecule has 6 nitrogen and oxygen atoms in total. The molecule has 2 aliphatic rings. The van der Waals surface area contributed by atoms with Crippen LogP contribution in [0.25, 0.3) is 11.4 Å². The minimum atomic E-state index is -0.119. The van der Waals surface area contributed by atoms with Gasteiger partial charge in [-0.25, -0.2) is 9.97 Å². The predicted octanol–water partition coefficient (Wildman–Crippen LogP) is 3.35. The fourth-order valence-corrected chi connectivity index (χ4v) is 3.83. The van der Waals surface area contributed by atoms with Crippen molar-refractivity contribution in [3.05, 3.63) is 41.6 Å². The van der Waals surface area contributed by atoms with E-state index in [0.29, 0.717) is 17.9 Å². The first kappa shape index (κ1) is 18.9. The number of carbonyl (C=O) groups is 1. The van der Waals surface area contributed by atoms with Crippen LogP contribution in [0.1, 0.15) is 48.0 Å². The lowest BCUT2D eigenvalue weighted by molar-refractivity contribution is 0.0857. The number of nitrogens with zero attached hydrogens (tertiary/aromatic N) is 3. The quantitative estimate of drug-likeness (QED) is 0.862. The Morgan fingerprint density at radius 1 is 1.18 bits per heavy atom. The molecule has 1 amide bonds.